The highest BCUT2D eigenvalue weighted by molar-refractivity contribution is 7.84. The van der Waals surface area contributed by atoms with Gasteiger partial charge >= 0.3 is 0 Å². The molecule has 1 heterocycles. The molecule has 8 nitrogen and oxygen atoms in total. The van der Waals surface area contributed by atoms with Gasteiger partial charge in [-0.3, -0.25) is 9.63 Å². The second kappa shape index (κ2) is 7.07. The summed E-state index contributed by atoms with van der Waals surface area (Å²) in [6.07, 6.45) is 2.47. The number of hydrogen-bond acceptors (Lipinski definition) is 8. The zero-order chi connectivity index (χ0) is 13.5. The van der Waals surface area contributed by atoms with Crippen LogP contribution in [0.5, 0.6) is 0 Å². The van der Waals surface area contributed by atoms with Crippen molar-refractivity contribution < 1.29 is 4.21 Å². The summed E-state index contributed by atoms with van der Waals surface area (Å²) in [6.45, 7) is 0.653. The van der Waals surface area contributed by atoms with E-state index in [0.29, 0.717) is 30.1 Å². The van der Waals surface area contributed by atoms with Crippen molar-refractivity contribution in [3.63, 3.8) is 0 Å². The third-order valence-electron chi connectivity index (χ3n) is 2.04. The van der Waals surface area contributed by atoms with Gasteiger partial charge in [-0.1, -0.05) is 0 Å². The zero-order valence-electron chi connectivity index (χ0n) is 10.8. The normalized spacial score (nSPS) is 12.0. The Morgan fingerprint density at radius 2 is 1.94 bits per heavy atom. The number of nitrogens with two attached hydrogens (primary N) is 1. The van der Waals surface area contributed by atoms with Crippen LogP contribution in [0.25, 0.3) is 0 Å². The topological polar surface area (TPSA) is 109 Å². The molecule has 0 fully saturated rings. The Balaban J connectivity index is 2.63. The predicted molar refractivity (Wildman–Crippen MR) is 74.0 cm³/mol. The van der Waals surface area contributed by atoms with Gasteiger partial charge in [-0.15, -0.1) is 0 Å². The Morgan fingerprint density at radius 3 is 2.50 bits per heavy atom. The predicted octanol–water partition coefficient (Wildman–Crippen LogP) is -0.596. The minimum atomic E-state index is -0.775. The number of anilines is 3. The van der Waals surface area contributed by atoms with Crippen LogP contribution in [0.3, 0.4) is 0 Å². The van der Waals surface area contributed by atoms with Crippen molar-refractivity contribution in [3.8, 4) is 0 Å². The van der Waals surface area contributed by atoms with Crippen molar-refractivity contribution in [2.45, 2.75) is 6.42 Å². The van der Waals surface area contributed by atoms with E-state index in [9.17, 15) is 4.21 Å². The molecule has 1 unspecified atom stereocenters. The van der Waals surface area contributed by atoms with Gasteiger partial charge in [0, 0.05) is 43.4 Å². The second-order valence-electron chi connectivity index (χ2n) is 3.88. The fourth-order valence-corrected chi connectivity index (χ4v) is 1.73. The van der Waals surface area contributed by atoms with E-state index in [0.717, 1.165) is 6.42 Å². The first-order valence-electron chi connectivity index (χ1n) is 5.47. The van der Waals surface area contributed by atoms with E-state index in [-0.39, 0.29) is 0 Å². The van der Waals surface area contributed by atoms with Crippen molar-refractivity contribution >= 4 is 28.6 Å². The minimum Gasteiger partial charge on any atom is -0.354 e. The van der Waals surface area contributed by atoms with Gasteiger partial charge < -0.3 is 10.2 Å². The van der Waals surface area contributed by atoms with Gasteiger partial charge in [0.05, 0.1) is 0 Å². The highest BCUT2D eigenvalue weighted by atomic mass is 32.2. The molecule has 0 aromatic carbocycles. The van der Waals surface area contributed by atoms with Gasteiger partial charge in [-0.2, -0.15) is 15.0 Å². The summed E-state index contributed by atoms with van der Waals surface area (Å²) in [4.78, 5) is 14.1. The first-order valence-corrected chi connectivity index (χ1v) is 7.19. The molecule has 1 rings (SSSR count). The van der Waals surface area contributed by atoms with Crippen molar-refractivity contribution in [1.29, 1.82) is 0 Å². The summed E-state index contributed by atoms with van der Waals surface area (Å²) in [5, 5.41) is 3.05. The highest BCUT2D eigenvalue weighted by Gasteiger charge is 2.06. The van der Waals surface area contributed by atoms with E-state index >= 15 is 0 Å². The molecule has 9 heteroatoms. The summed E-state index contributed by atoms with van der Waals surface area (Å²) in [6, 6.07) is 0. The smallest absolute Gasteiger partial charge is 0.243 e. The molecule has 0 spiro atoms. The van der Waals surface area contributed by atoms with E-state index < -0.39 is 10.8 Å². The van der Waals surface area contributed by atoms with Gasteiger partial charge in [-0.25, -0.2) is 5.84 Å². The van der Waals surface area contributed by atoms with Crippen LogP contribution in [0.1, 0.15) is 6.42 Å². The lowest BCUT2D eigenvalue weighted by molar-refractivity contribution is 0.685. The standard InChI is InChI=1S/C9H19N7OS/c1-16(2)9-13-7(12-8(14-9)15-10)11-5-4-6-18(3)17/h4-6,10H2,1-3H3,(H2,11,12,13,14,15). The summed E-state index contributed by atoms with van der Waals surface area (Å²) in [7, 11) is 2.89. The Bertz CT molecular complexity index is 412. The molecule has 18 heavy (non-hydrogen) atoms. The Morgan fingerprint density at radius 1 is 1.28 bits per heavy atom. The van der Waals surface area contributed by atoms with Crippen molar-refractivity contribution in [2.24, 2.45) is 5.84 Å². The van der Waals surface area contributed by atoms with Gasteiger partial charge in [0.2, 0.25) is 17.8 Å². The largest absolute Gasteiger partial charge is 0.354 e. The Hall–Kier alpha value is -1.48. The SMILES string of the molecule is CN(C)c1nc(NN)nc(NCCCS(C)=O)n1. The molecular weight excluding hydrogens is 254 g/mol. The molecule has 1 aromatic heterocycles. The zero-order valence-corrected chi connectivity index (χ0v) is 11.6. The molecule has 0 amide bonds. The maximum Gasteiger partial charge on any atom is 0.243 e. The third kappa shape index (κ3) is 4.80. The van der Waals surface area contributed by atoms with Crippen molar-refractivity contribution in [2.75, 3.05) is 48.3 Å². The van der Waals surface area contributed by atoms with E-state index in [1.54, 1.807) is 11.2 Å². The van der Waals surface area contributed by atoms with Crippen LogP contribution < -0.4 is 21.5 Å². The molecule has 0 saturated heterocycles. The lowest BCUT2D eigenvalue weighted by Gasteiger charge is -2.12. The fraction of sp³-hybridized carbons (Fsp3) is 0.667. The first-order chi connectivity index (χ1) is 8.52. The van der Waals surface area contributed by atoms with Crippen molar-refractivity contribution in [3.05, 3.63) is 0 Å². The monoisotopic (exact) mass is 273 g/mol. The Kier molecular flexibility index (Phi) is 5.72. The quantitative estimate of drug-likeness (QED) is 0.343. The molecule has 4 N–H and O–H groups in total. The maximum absolute atomic E-state index is 10.9. The highest BCUT2D eigenvalue weighted by Crippen LogP contribution is 2.10. The average molecular weight is 273 g/mol. The minimum absolute atomic E-state index is 0.301. The van der Waals surface area contributed by atoms with Crippen LogP contribution in [0.15, 0.2) is 0 Å². The summed E-state index contributed by atoms with van der Waals surface area (Å²) < 4.78 is 10.9. The third-order valence-corrected chi connectivity index (χ3v) is 2.91. The van der Waals surface area contributed by atoms with Gasteiger partial charge in [0.15, 0.2) is 0 Å². The van der Waals surface area contributed by atoms with Crippen LogP contribution in [0.2, 0.25) is 0 Å². The first kappa shape index (κ1) is 14.6. The van der Waals surface area contributed by atoms with E-state index in [2.05, 4.69) is 25.7 Å². The van der Waals surface area contributed by atoms with Gasteiger partial charge in [0.1, 0.15) is 0 Å². The number of hydrazine groups is 1. The van der Waals surface area contributed by atoms with Crippen molar-refractivity contribution in [1.82, 2.24) is 15.0 Å². The van der Waals surface area contributed by atoms with E-state index in [4.69, 9.17) is 5.84 Å². The Labute approximate surface area is 109 Å². The number of hydrogen-bond donors (Lipinski definition) is 3. The summed E-state index contributed by atoms with van der Waals surface area (Å²) in [5.74, 6) is 7.21. The molecule has 0 saturated carbocycles. The fourth-order valence-electron chi connectivity index (χ4n) is 1.18. The second-order valence-corrected chi connectivity index (χ2v) is 5.43. The van der Waals surface area contributed by atoms with E-state index in [1.807, 2.05) is 14.1 Å². The van der Waals surface area contributed by atoms with E-state index in [1.165, 1.54) is 0 Å². The van der Waals surface area contributed by atoms with Crippen LogP contribution in [0, 0.1) is 0 Å². The number of rotatable bonds is 7. The number of aromatic nitrogens is 3. The lowest BCUT2D eigenvalue weighted by atomic mass is 10.5. The molecule has 0 aliphatic heterocycles. The molecule has 0 aliphatic carbocycles. The summed E-state index contributed by atoms with van der Waals surface area (Å²) in [5.41, 5.74) is 2.39. The van der Waals surface area contributed by atoms with Gasteiger partial charge in [0.25, 0.3) is 0 Å². The molecule has 1 aromatic rings. The lowest BCUT2D eigenvalue weighted by Crippen LogP contribution is -2.19. The number of nitrogens with one attached hydrogen (secondary N) is 2. The average Bonchev–Trinajstić information content (AvgIpc) is 2.34. The molecule has 102 valence electrons. The van der Waals surface area contributed by atoms with Gasteiger partial charge in [-0.05, 0) is 6.42 Å². The summed E-state index contributed by atoms with van der Waals surface area (Å²) >= 11 is 0. The molecule has 0 bridgehead atoms. The maximum atomic E-state index is 10.9. The molecule has 0 aliphatic rings. The van der Waals surface area contributed by atoms with Crippen LogP contribution in [-0.4, -0.2) is 51.8 Å². The van der Waals surface area contributed by atoms with Crippen LogP contribution >= 0.6 is 0 Å². The number of nitrogens with zero attached hydrogens (tertiary/aromatic N) is 4. The molecular formula is C9H19N7OS. The molecule has 0 radical (unpaired) electrons. The molecule has 1 atom stereocenters. The number of nitrogen functional groups attached to an aromatic ring is 1. The van der Waals surface area contributed by atoms with Crippen LogP contribution in [0.4, 0.5) is 17.8 Å². The van der Waals surface area contributed by atoms with Crippen LogP contribution in [-0.2, 0) is 10.8 Å².